The molecule has 0 radical (unpaired) electrons. The Labute approximate surface area is 165 Å². The van der Waals surface area contributed by atoms with Gasteiger partial charge in [-0.2, -0.15) is 15.0 Å². The molecule has 0 spiro atoms. The van der Waals surface area contributed by atoms with Gasteiger partial charge in [-0.05, 0) is 38.1 Å². The third kappa shape index (κ3) is 3.34. The number of nitrogen functional groups attached to an aromatic ring is 1. The van der Waals surface area contributed by atoms with Gasteiger partial charge < -0.3 is 15.5 Å². The van der Waals surface area contributed by atoms with Crippen molar-refractivity contribution in [3.63, 3.8) is 0 Å². The summed E-state index contributed by atoms with van der Waals surface area (Å²) >= 11 is 6.14. The van der Waals surface area contributed by atoms with Crippen molar-refractivity contribution in [2.75, 3.05) is 11.1 Å². The molecule has 0 bridgehead atoms. The molecule has 0 amide bonds. The van der Waals surface area contributed by atoms with Crippen molar-refractivity contribution in [1.82, 2.24) is 24.3 Å². The van der Waals surface area contributed by atoms with Gasteiger partial charge in [0.05, 0.1) is 17.8 Å². The largest absolute Gasteiger partial charge is 0.368 e. The predicted octanol–water partition coefficient (Wildman–Crippen LogP) is 4.04. The number of rotatable bonds is 4. The van der Waals surface area contributed by atoms with Crippen molar-refractivity contribution >= 4 is 29.0 Å². The van der Waals surface area contributed by atoms with Crippen molar-refractivity contribution in [3.05, 3.63) is 65.0 Å². The molecule has 3 aromatic heterocycles. The van der Waals surface area contributed by atoms with Crippen LogP contribution in [0.15, 0.2) is 42.7 Å². The first-order valence-electron chi connectivity index (χ1n) is 8.58. The van der Waals surface area contributed by atoms with Crippen LogP contribution in [0.5, 0.6) is 0 Å². The van der Waals surface area contributed by atoms with Crippen LogP contribution in [0.2, 0.25) is 5.02 Å². The van der Waals surface area contributed by atoms with Gasteiger partial charge in [0.1, 0.15) is 11.6 Å². The zero-order chi connectivity index (χ0) is 19.8. The van der Waals surface area contributed by atoms with E-state index in [1.807, 2.05) is 29.7 Å². The van der Waals surface area contributed by atoms with E-state index in [1.165, 1.54) is 6.07 Å². The topological polar surface area (TPSA) is 94.0 Å². The highest BCUT2D eigenvalue weighted by Crippen LogP contribution is 2.28. The van der Waals surface area contributed by atoms with Crippen molar-refractivity contribution < 1.29 is 4.39 Å². The summed E-state index contributed by atoms with van der Waals surface area (Å²) in [7, 11) is 0. The van der Waals surface area contributed by atoms with Crippen LogP contribution in [0.3, 0.4) is 0 Å². The number of anilines is 2. The lowest BCUT2D eigenvalue weighted by Crippen LogP contribution is -2.13. The highest BCUT2D eigenvalue weighted by Gasteiger charge is 2.17. The first-order valence-corrected chi connectivity index (χ1v) is 8.96. The van der Waals surface area contributed by atoms with Crippen molar-refractivity contribution in [1.29, 1.82) is 0 Å². The number of nitrogens with one attached hydrogen (secondary N) is 1. The van der Waals surface area contributed by atoms with Gasteiger partial charge >= 0.3 is 0 Å². The fraction of sp³-hybridized carbons (Fsp3) is 0.158. The second-order valence-electron chi connectivity index (χ2n) is 6.36. The number of fused-ring (bicyclic) bond motifs is 1. The standard InChI is InChI=1S/C19H17ClFN7/c1-10(16-14(20)4-3-5-15(16)21)24-19-26-17(25-18(22)27-19)12-6-7-13-8-23-11(2)28(13)9-12/h3-10H,1-2H3,(H3,22,24,25,26,27)/t10-/m0/s1. The zero-order valence-corrected chi connectivity index (χ0v) is 15.9. The van der Waals surface area contributed by atoms with E-state index >= 15 is 0 Å². The number of aromatic nitrogens is 5. The maximum atomic E-state index is 14.2. The number of aryl methyl sites for hydroxylation is 1. The molecule has 3 heterocycles. The Kier molecular flexibility index (Phi) is 4.56. The average Bonchev–Trinajstić information content (AvgIpc) is 3.01. The Hall–Kier alpha value is -3.26. The fourth-order valence-corrected chi connectivity index (χ4v) is 3.35. The summed E-state index contributed by atoms with van der Waals surface area (Å²) in [6.07, 6.45) is 3.67. The molecule has 4 aromatic rings. The summed E-state index contributed by atoms with van der Waals surface area (Å²) in [6.45, 7) is 3.68. The summed E-state index contributed by atoms with van der Waals surface area (Å²) in [5.74, 6) is 1.13. The normalized spacial score (nSPS) is 12.3. The van der Waals surface area contributed by atoms with Crippen molar-refractivity contribution in [2.45, 2.75) is 19.9 Å². The number of imidazole rings is 1. The summed E-state index contributed by atoms with van der Waals surface area (Å²) < 4.78 is 16.1. The van der Waals surface area contributed by atoms with E-state index in [2.05, 4.69) is 25.3 Å². The molecule has 0 aliphatic heterocycles. The minimum atomic E-state index is -0.471. The molecule has 28 heavy (non-hydrogen) atoms. The summed E-state index contributed by atoms with van der Waals surface area (Å²) in [4.78, 5) is 17.1. The zero-order valence-electron chi connectivity index (χ0n) is 15.2. The van der Waals surface area contributed by atoms with Gasteiger partial charge in [0.2, 0.25) is 11.9 Å². The Morgan fingerprint density at radius 3 is 2.79 bits per heavy atom. The van der Waals surface area contributed by atoms with Gasteiger partial charge in [0, 0.05) is 22.3 Å². The Bertz CT molecular complexity index is 1150. The second-order valence-corrected chi connectivity index (χ2v) is 6.77. The van der Waals surface area contributed by atoms with Crippen LogP contribution in [0, 0.1) is 12.7 Å². The Balaban J connectivity index is 1.69. The molecule has 7 nitrogen and oxygen atoms in total. The van der Waals surface area contributed by atoms with E-state index in [1.54, 1.807) is 25.3 Å². The lowest BCUT2D eigenvalue weighted by molar-refractivity contribution is 0.600. The quantitative estimate of drug-likeness (QED) is 0.539. The number of hydrogen-bond donors (Lipinski definition) is 2. The van der Waals surface area contributed by atoms with Crippen LogP contribution in [-0.4, -0.2) is 24.3 Å². The van der Waals surface area contributed by atoms with Crippen LogP contribution in [-0.2, 0) is 0 Å². The van der Waals surface area contributed by atoms with Gasteiger partial charge in [-0.25, -0.2) is 9.37 Å². The van der Waals surface area contributed by atoms with Gasteiger partial charge in [-0.1, -0.05) is 17.7 Å². The highest BCUT2D eigenvalue weighted by atomic mass is 35.5. The van der Waals surface area contributed by atoms with Crippen LogP contribution >= 0.6 is 11.6 Å². The predicted molar refractivity (Wildman–Crippen MR) is 107 cm³/mol. The van der Waals surface area contributed by atoms with Crippen LogP contribution < -0.4 is 11.1 Å². The third-order valence-electron chi connectivity index (χ3n) is 4.40. The SMILES string of the molecule is Cc1ncc2ccc(-c3nc(N)nc(N[C@@H](C)c4c(F)cccc4Cl)n3)cn12. The van der Waals surface area contributed by atoms with Crippen LogP contribution in [0.4, 0.5) is 16.3 Å². The summed E-state index contributed by atoms with van der Waals surface area (Å²) in [5.41, 5.74) is 7.92. The Morgan fingerprint density at radius 2 is 2.00 bits per heavy atom. The second kappa shape index (κ2) is 7.05. The minimum absolute atomic E-state index is 0.0572. The average molecular weight is 398 g/mol. The lowest BCUT2D eigenvalue weighted by Gasteiger charge is -2.17. The molecule has 0 saturated heterocycles. The molecule has 142 valence electrons. The lowest BCUT2D eigenvalue weighted by atomic mass is 10.1. The summed E-state index contributed by atoms with van der Waals surface area (Å²) in [5, 5.41) is 3.37. The molecular formula is C19H17ClFN7. The third-order valence-corrected chi connectivity index (χ3v) is 4.73. The molecule has 1 aromatic carbocycles. The molecule has 1 atom stereocenters. The first kappa shape index (κ1) is 18.1. The fourth-order valence-electron chi connectivity index (χ4n) is 3.03. The maximum Gasteiger partial charge on any atom is 0.228 e. The van der Waals surface area contributed by atoms with Crippen LogP contribution in [0.1, 0.15) is 24.4 Å². The highest BCUT2D eigenvalue weighted by molar-refractivity contribution is 6.31. The van der Waals surface area contributed by atoms with E-state index in [0.717, 1.165) is 16.9 Å². The number of pyridine rings is 1. The van der Waals surface area contributed by atoms with E-state index in [4.69, 9.17) is 17.3 Å². The molecule has 0 saturated carbocycles. The van der Waals surface area contributed by atoms with Gasteiger partial charge in [0.25, 0.3) is 0 Å². The van der Waals surface area contributed by atoms with E-state index in [0.29, 0.717) is 16.4 Å². The van der Waals surface area contributed by atoms with Gasteiger partial charge in [-0.15, -0.1) is 0 Å². The maximum absolute atomic E-state index is 14.2. The minimum Gasteiger partial charge on any atom is -0.368 e. The number of halogens is 2. The number of nitrogens with zero attached hydrogens (tertiary/aromatic N) is 5. The smallest absolute Gasteiger partial charge is 0.228 e. The number of nitrogens with two attached hydrogens (primary N) is 1. The van der Waals surface area contributed by atoms with E-state index in [-0.39, 0.29) is 11.9 Å². The van der Waals surface area contributed by atoms with Crippen LogP contribution in [0.25, 0.3) is 16.9 Å². The molecule has 0 aliphatic rings. The van der Waals surface area contributed by atoms with Gasteiger partial charge in [-0.3, -0.25) is 0 Å². The molecule has 0 unspecified atom stereocenters. The number of benzene rings is 1. The first-order chi connectivity index (χ1) is 13.4. The van der Waals surface area contributed by atoms with E-state index < -0.39 is 11.9 Å². The van der Waals surface area contributed by atoms with Crippen molar-refractivity contribution in [3.8, 4) is 11.4 Å². The van der Waals surface area contributed by atoms with Crippen molar-refractivity contribution in [2.24, 2.45) is 0 Å². The number of hydrogen-bond acceptors (Lipinski definition) is 6. The van der Waals surface area contributed by atoms with E-state index in [9.17, 15) is 4.39 Å². The molecule has 9 heteroatoms. The monoisotopic (exact) mass is 397 g/mol. The molecular weight excluding hydrogens is 381 g/mol. The molecule has 3 N–H and O–H groups in total. The molecule has 0 aliphatic carbocycles. The van der Waals surface area contributed by atoms with Gasteiger partial charge in [0.15, 0.2) is 5.82 Å². The Morgan fingerprint density at radius 1 is 1.18 bits per heavy atom. The molecule has 0 fully saturated rings. The summed E-state index contributed by atoms with van der Waals surface area (Å²) in [6, 6.07) is 7.88. The molecule has 4 rings (SSSR count).